The van der Waals surface area contributed by atoms with Crippen molar-refractivity contribution in [2.75, 3.05) is 25.6 Å². The van der Waals surface area contributed by atoms with Crippen molar-refractivity contribution in [3.05, 3.63) is 23.3 Å². The largest absolute Gasteiger partial charge is 0.496 e. The first kappa shape index (κ1) is 13.7. The van der Waals surface area contributed by atoms with E-state index < -0.39 is 0 Å². The van der Waals surface area contributed by atoms with Crippen LogP contribution in [0.2, 0.25) is 0 Å². The molecule has 0 unspecified atom stereocenters. The van der Waals surface area contributed by atoms with Crippen molar-refractivity contribution in [3.63, 3.8) is 0 Å². The summed E-state index contributed by atoms with van der Waals surface area (Å²) in [5.41, 5.74) is 3.32. The Labute approximate surface area is 115 Å². The first-order chi connectivity index (χ1) is 9.01. The average Bonchev–Trinajstić information content (AvgIpc) is 2.33. The van der Waals surface area contributed by atoms with Gasteiger partial charge in [0.05, 0.1) is 18.6 Å². The van der Waals surface area contributed by atoms with E-state index in [9.17, 15) is 5.26 Å². The number of methoxy groups -OCH3 is 1. The monoisotopic (exact) mass is 258 g/mol. The Bertz CT molecular complexity index is 489. The summed E-state index contributed by atoms with van der Waals surface area (Å²) < 4.78 is 5.39. The van der Waals surface area contributed by atoms with Crippen LogP contribution in [-0.4, -0.2) is 20.7 Å². The number of aryl methyl sites for hydroxylation is 2. The van der Waals surface area contributed by atoms with Gasteiger partial charge in [0.25, 0.3) is 0 Å². The highest BCUT2D eigenvalue weighted by Gasteiger charge is 2.38. The molecule has 1 aromatic rings. The van der Waals surface area contributed by atoms with Crippen LogP contribution in [0.4, 0.5) is 5.69 Å². The normalized spacial score (nSPS) is 16.4. The van der Waals surface area contributed by atoms with E-state index in [0.29, 0.717) is 0 Å². The van der Waals surface area contributed by atoms with E-state index in [0.717, 1.165) is 42.0 Å². The van der Waals surface area contributed by atoms with Crippen molar-refractivity contribution in [1.29, 1.82) is 5.26 Å². The molecule has 3 nitrogen and oxygen atoms in total. The molecule has 1 aliphatic rings. The molecule has 0 aliphatic heterocycles. The molecule has 1 saturated carbocycles. The van der Waals surface area contributed by atoms with Gasteiger partial charge in [-0.1, -0.05) is 6.42 Å². The summed E-state index contributed by atoms with van der Waals surface area (Å²) in [5, 5.41) is 9.33. The Morgan fingerprint density at radius 2 is 1.89 bits per heavy atom. The molecule has 102 valence electrons. The molecular weight excluding hydrogens is 236 g/mol. The van der Waals surface area contributed by atoms with Crippen LogP contribution < -0.4 is 9.64 Å². The lowest BCUT2D eigenvalue weighted by Crippen LogP contribution is -2.39. The Morgan fingerprint density at radius 1 is 1.32 bits per heavy atom. The summed E-state index contributed by atoms with van der Waals surface area (Å²) in [6, 6.07) is 6.77. The zero-order valence-corrected chi connectivity index (χ0v) is 12.3. The van der Waals surface area contributed by atoms with Crippen LogP contribution >= 0.6 is 0 Å². The Kier molecular flexibility index (Phi) is 3.71. The molecule has 3 heteroatoms. The van der Waals surface area contributed by atoms with Crippen LogP contribution in [0.25, 0.3) is 0 Å². The lowest BCUT2D eigenvalue weighted by molar-refractivity contribution is 0.223. The van der Waals surface area contributed by atoms with Gasteiger partial charge in [-0.2, -0.15) is 5.26 Å². The molecule has 19 heavy (non-hydrogen) atoms. The Balaban J connectivity index is 2.20. The quantitative estimate of drug-likeness (QED) is 0.830. The van der Waals surface area contributed by atoms with Gasteiger partial charge in [0.15, 0.2) is 0 Å². The first-order valence-electron chi connectivity index (χ1n) is 6.79. The number of ether oxygens (including phenoxy) is 1. The third kappa shape index (κ3) is 2.53. The van der Waals surface area contributed by atoms with Crippen molar-refractivity contribution in [2.24, 2.45) is 5.41 Å². The molecule has 0 saturated heterocycles. The smallest absolute Gasteiger partial charge is 0.124 e. The SMILES string of the molecule is COc1c(C)cc(N(C)CC2(C#N)CCC2)cc1C. The summed E-state index contributed by atoms with van der Waals surface area (Å²) in [6.07, 6.45) is 3.24. The molecule has 0 amide bonds. The standard InChI is InChI=1S/C16H22N2O/c1-12-8-14(9-13(2)15(12)19-4)18(3)11-16(10-17)6-5-7-16/h8-9H,5-7,11H2,1-4H3. The number of nitriles is 1. The average molecular weight is 258 g/mol. The summed E-state index contributed by atoms with van der Waals surface area (Å²) in [5.74, 6) is 0.954. The number of hydrogen-bond donors (Lipinski definition) is 0. The van der Waals surface area contributed by atoms with E-state index in [1.807, 2.05) is 0 Å². The van der Waals surface area contributed by atoms with Gasteiger partial charge in [-0.25, -0.2) is 0 Å². The fourth-order valence-corrected chi connectivity index (χ4v) is 2.92. The Morgan fingerprint density at radius 3 is 2.26 bits per heavy atom. The second-order valence-corrected chi connectivity index (χ2v) is 5.71. The van der Waals surface area contributed by atoms with Crippen molar-refractivity contribution in [3.8, 4) is 11.8 Å². The van der Waals surface area contributed by atoms with Crippen LogP contribution in [-0.2, 0) is 0 Å². The highest BCUT2D eigenvalue weighted by molar-refractivity contribution is 5.56. The first-order valence-corrected chi connectivity index (χ1v) is 6.79. The zero-order valence-electron chi connectivity index (χ0n) is 12.3. The van der Waals surface area contributed by atoms with Crippen LogP contribution in [0.5, 0.6) is 5.75 Å². The summed E-state index contributed by atoms with van der Waals surface area (Å²) in [4.78, 5) is 2.20. The molecule has 1 fully saturated rings. The summed E-state index contributed by atoms with van der Waals surface area (Å²) in [7, 11) is 3.77. The maximum absolute atomic E-state index is 9.33. The van der Waals surface area contributed by atoms with Gasteiger partial charge in [-0.15, -0.1) is 0 Å². The maximum Gasteiger partial charge on any atom is 0.124 e. The number of anilines is 1. The summed E-state index contributed by atoms with van der Waals surface area (Å²) in [6.45, 7) is 4.94. The predicted molar refractivity (Wildman–Crippen MR) is 77.6 cm³/mol. The van der Waals surface area contributed by atoms with Gasteiger partial charge < -0.3 is 9.64 Å². The molecule has 0 heterocycles. The van der Waals surface area contributed by atoms with Crippen LogP contribution in [0.3, 0.4) is 0 Å². The minimum atomic E-state index is -0.128. The van der Waals surface area contributed by atoms with E-state index in [4.69, 9.17) is 4.74 Å². The van der Waals surface area contributed by atoms with Gasteiger partial charge >= 0.3 is 0 Å². The van der Waals surface area contributed by atoms with Crippen molar-refractivity contribution in [2.45, 2.75) is 33.1 Å². The fourth-order valence-electron chi connectivity index (χ4n) is 2.92. The molecule has 2 rings (SSSR count). The molecule has 0 N–H and O–H groups in total. The highest BCUT2D eigenvalue weighted by Crippen LogP contribution is 2.41. The lowest BCUT2D eigenvalue weighted by atomic mass is 9.69. The lowest BCUT2D eigenvalue weighted by Gasteiger charge is -2.39. The number of hydrogen-bond acceptors (Lipinski definition) is 3. The van der Waals surface area contributed by atoms with Crippen LogP contribution in [0, 0.1) is 30.6 Å². The third-order valence-corrected chi connectivity index (χ3v) is 4.18. The summed E-state index contributed by atoms with van der Waals surface area (Å²) >= 11 is 0. The van der Waals surface area contributed by atoms with E-state index in [1.165, 1.54) is 6.42 Å². The van der Waals surface area contributed by atoms with E-state index in [1.54, 1.807) is 7.11 Å². The topological polar surface area (TPSA) is 36.3 Å². The molecular formula is C16H22N2O. The zero-order chi connectivity index (χ0) is 14.0. The molecule has 0 radical (unpaired) electrons. The number of nitrogens with zero attached hydrogens (tertiary/aromatic N) is 2. The molecule has 0 atom stereocenters. The maximum atomic E-state index is 9.33. The van der Waals surface area contributed by atoms with Gasteiger partial charge in [0.2, 0.25) is 0 Å². The van der Waals surface area contributed by atoms with Crippen molar-refractivity contribution >= 4 is 5.69 Å². The number of rotatable bonds is 4. The minimum absolute atomic E-state index is 0.128. The second kappa shape index (κ2) is 5.13. The molecule has 0 bridgehead atoms. The van der Waals surface area contributed by atoms with Crippen LogP contribution in [0.1, 0.15) is 30.4 Å². The van der Waals surface area contributed by atoms with Gasteiger partial charge in [-0.05, 0) is 49.9 Å². The van der Waals surface area contributed by atoms with Crippen molar-refractivity contribution < 1.29 is 4.74 Å². The van der Waals surface area contributed by atoms with E-state index in [-0.39, 0.29) is 5.41 Å². The Hall–Kier alpha value is -1.69. The van der Waals surface area contributed by atoms with Crippen LogP contribution in [0.15, 0.2) is 12.1 Å². The minimum Gasteiger partial charge on any atom is -0.496 e. The molecule has 1 aliphatic carbocycles. The fraction of sp³-hybridized carbons (Fsp3) is 0.562. The predicted octanol–water partition coefficient (Wildman–Crippen LogP) is 3.44. The molecule has 0 spiro atoms. The second-order valence-electron chi connectivity index (χ2n) is 5.71. The van der Waals surface area contributed by atoms with E-state index in [2.05, 4.69) is 44.0 Å². The van der Waals surface area contributed by atoms with Gasteiger partial charge in [0, 0.05) is 19.3 Å². The molecule has 1 aromatic carbocycles. The van der Waals surface area contributed by atoms with Gasteiger partial charge in [-0.3, -0.25) is 0 Å². The molecule has 0 aromatic heterocycles. The highest BCUT2D eigenvalue weighted by atomic mass is 16.5. The van der Waals surface area contributed by atoms with Gasteiger partial charge in [0.1, 0.15) is 5.75 Å². The third-order valence-electron chi connectivity index (χ3n) is 4.18. The van der Waals surface area contributed by atoms with Crippen molar-refractivity contribution in [1.82, 2.24) is 0 Å². The van der Waals surface area contributed by atoms with E-state index >= 15 is 0 Å². The number of benzene rings is 1.